The van der Waals surface area contributed by atoms with E-state index in [1.165, 1.54) is 5.56 Å². The lowest BCUT2D eigenvalue weighted by molar-refractivity contribution is 0.867. The molecule has 0 N–H and O–H groups in total. The fourth-order valence-electron chi connectivity index (χ4n) is 1.02. The summed E-state index contributed by atoms with van der Waals surface area (Å²) in [5.41, 5.74) is 1.25. The zero-order valence-corrected chi connectivity index (χ0v) is 9.55. The number of hydrogen-bond acceptors (Lipinski definition) is 2. The van der Waals surface area contributed by atoms with Gasteiger partial charge in [-0.3, -0.25) is 0 Å². The highest BCUT2D eigenvalue weighted by molar-refractivity contribution is 9.10. The molecule has 0 saturated heterocycles. The summed E-state index contributed by atoms with van der Waals surface area (Å²) in [6, 6.07) is 10.2. The molecule has 0 amide bonds. The summed E-state index contributed by atoms with van der Waals surface area (Å²) < 4.78 is 1.08. The number of thiol groups is 1. The first-order valence-corrected chi connectivity index (χ1v) is 5.35. The number of hydrogen-bond donors (Lipinski definition) is 1. The summed E-state index contributed by atoms with van der Waals surface area (Å²) in [6.07, 6.45) is 1.72. The Bertz CT molecular complexity index is 302. The summed E-state index contributed by atoms with van der Waals surface area (Å²) in [5.74, 6) is 0. The summed E-state index contributed by atoms with van der Waals surface area (Å²) in [4.78, 5) is 0. The number of aryl methyl sites for hydroxylation is 1. The number of halogens is 1. The molecule has 0 saturated carbocycles. The van der Waals surface area contributed by atoms with Crippen molar-refractivity contribution in [3.63, 3.8) is 0 Å². The first kappa shape index (κ1) is 10.6. The first-order valence-electron chi connectivity index (χ1n) is 4.04. The molecule has 13 heavy (non-hydrogen) atoms. The second-order valence-corrected chi connectivity index (χ2v) is 4.35. The number of rotatable bonds is 3. The SMILES string of the molecule is N#CC(S)CCc1ccc(Br)cc1. The van der Waals surface area contributed by atoms with E-state index in [9.17, 15) is 0 Å². The van der Waals surface area contributed by atoms with E-state index in [0.29, 0.717) is 0 Å². The molecular weight excluding hydrogens is 246 g/mol. The van der Waals surface area contributed by atoms with Crippen molar-refractivity contribution in [1.82, 2.24) is 0 Å². The third-order valence-corrected chi connectivity index (χ3v) is 2.67. The number of benzene rings is 1. The van der Waals surface area contributed by atoms with E-state index in [0.717, 1.165) is 17.3 Å². The summed E-state index contributed by atoms with van der Waals surface area (Å²) in [7, 11) is 0. The van der Waals surface area contributed by atoms with Crippen LogP contribution in [0.15, 0.2) is 28.7 Å². The fraction of sp³-hybridized carbons (Fsp3) is 0.300. The summed E-state index contributed by atoms with van der Waals surface area (Å²) >= 11 is 7.48. The monoisotopic (exact) mass is 255 g/mol. The summed E-state index contributed by atoms with van der Waals surface area (Å²) in [5, 5.41) is 8.37. The lowest BCUT2D eigenvalue weighted by Gasteiger charge is -2.01. The topological polar surface area (TPSA) is 23.8 Å². The molecule has 0 spiro atoms. The smallest absolute Gasteiger partial charge is 0.0890 e. The molecule has 0 aliphatic heterocycles. The highest BCUT2D eigenvalue weighted by Crippen LogP contribution is 2.13. The molecular formula is C10H10BrNS. The van der Waals surface area contributed by atoms with Gasteiger partial charge in [-0.2, -0.15) is 17.9 Å². The van der Waals surface area contributed by atoms with Gasteiger partial charge in [0.2, 0.25) is 0 Å². The van der Waals surface area contributed by atoms with Crippen molar-refractivity contribution in [3.8, 4) is 6.07 Å². The minimum Gasteiger partial charge on any atom is -0.197 e. The van der Waals surface area contributed by atoms with E-state index in [-0.39, 0.29) is 5.25 Å². The Hall–Kier alpha value is -0.460. The van der Waals surface area contributed by atoms with Crippen LogP contribution in [-0.4, -0.2) is 5.25 Å². The van der Waals surface area contributed by atoms with Crippen LogP contribution in [0.1, 0.15) is 12.0 Å². The van der Waals surface area contributed by atoms with Gasteiger partial charge in [0.05, 0.1) is 11.3 Å². The lowest BCUT2D eigenvalue weighted by Crippen LogP contribution is -1.96. The van der Waals surface area contributed by atoms with Crippen molar-refractivity contribution in [3.05, 3.63) is 34.3 Å². The minimum absolute atomic E-state index is 0.149. The van der Waals surface area contributed by atoms with Crippen molar-refractivity contribution in [2.24, 2.45) is 0 Å². The first-order chi connectivity index (χ1) is 6.22. The standard InChI is InChI=1S/C10H10BrNS/c11-9-4-1-8(2-5-9)3-6-10(13)7-12/h1-2,4-5,10,13H,3,6H2. The van der Waals surface area contributed by atoms with E-state index in [1.54, 1.807) is 0 Å². The van der Waals surface area contributed by atoms with E-state index >= 15 is 0 Å². The zero-order chi connectivity index (χ0) is 9.68. The summed E-state index contributed by atoms with van der Waals surface area (Å²) in [6.45, 7) is 0. The molecule has 1 nitrogen and oxygen atoms in total. The van der Waals surface area contributed by atoms with Gasteiger partial charge in [-0.25, -0.2) is 0 Å². The number of nitriles is 1. The predicted octanol–water partition coefficient (Wildman–Crippen LogP) is 3.20. The maximum absolute atomic E-state index is 8.52. The van der Waals surface area contributed by atoms with E-state index in [1.807, 2.05) is 12.1 Å². The molecule has 0 fully saturated rings. The molecule has 0 aromatic heterocycles. The molecule has 1 rings (SSSR count). The van der Waals surface area contributed by atoms with Gasteiger partial charge in [-0.15, -0.1) is 0 Å². The van der Waals surface area contributed by atoms with Crippen LogP contribution in [-0.2, 0) is 6.42 Å². The Morgan fingerprint density at radius 1 is 1.38 bits per heavy atom. The third kappa shape index (κ3) is 3.84. The van der Waals surface area contributed by atoms with Crippen molar-refractivity contribution in [1.29, 1.82) is 5.26 Å². The van der Waals surface area contributed by atoms with Gasteiger partial charge in [0.15, 0.2) is 0 Å². The highest BCUT2D eigenvalue weighted by atomic mass is 79.9. The molecule has 0 radical (unpaired) electrons. The molecule has 1 aromatic carbocycles. The Morgan fingerprint density at radius 2 is 2.00 bits per heavy atom. The van der Waals surface area contributed by atoms with Crippen LogP contribution in [0, 0.1) is 11.3 Å². The number of nitrogens with zero attached hydrogens (tertiary/aromatic N) is 1. The van der Waals surface area contributed by atoms with Gasteiger partial charge in [0.25, 0.3) is 0 Å². The second kappa shape index (κ2) is 5.31. The largest absolute Gasteiger partial charge is 0.197 e. The van der Waals surface area contributed by atoms with Gasteiger partial charge in [-0.1, -0.05) is 28.1 Å². The van der Waals surface area contributed by atoms with Crippen LogP contribution in [0.3, 0.4) is 0 Å². The average Bonchev–Trinajstić information content (AvgIpc) is 2.16. The van der Waals surface area contributed by atoms with Gasteiger partial charge in [-0.05, 0) is 30.5 Å². The van der Waals surface area contributed by atoms with Crippen LogP contribution < -0.4 is 0 Å². The molecule has 0 aliphatic rings. The normalized spacial score (nSPS) is 12.1. The highest BCUT2D eigenvalue weighted by Gasteiger charge is 2.00. The van der Waals surface area contributed by atoms with E-state index in [4.69, 9.17) is 5.26 Å². The van der Waals surface area contributed by atoms with E-state index < -0.39 is 0 Å². The molecule has 1 atom stereocenters. The Morgan fingerprint density at radius 3 is 2.54 bits per heavy atom. The Balaban J connectivity index is 2.47. The van der Waals surface area contributed by atoms with Crippen molar-refractivity contribution >= 4 is 28.6 Å². The van der Waals surface area contributed by atoms with Crippen LogP contribution in [0.2, 0.25) is 0 Å². The van der Waals surface area contributed by atoms with Crippen molar-refractivity contribution in [2.45, 2.75) is 18.1 Å². The Kier molecular flexibility index (Phi) is 4.34. The van der Waals surface area contributed by atoms with Crippen LogP contribution in [0.5, 0.6) is 0 Å². The van der Waals surface area contributed by atoms with Gasteiger partial charge < -0.3 is 0 Å². The second-order valence-electron chi connectivity index (χ2n) is 2.81. The van der Waals surface area contributed by atoms with Gasteiger partial charge >= 0.3 is 0 Å². The van der Waals surface area contributed by atoms with Crippen molar-refractivity contribution < 1.29 is 0 Å². The molecule has 1 aromatic rings. The van der Waals surface area contributed by atoms with Crippen molar-refractivity contribution in [2.75, 3.05) is 0 Å². The molecule has 3 heteroatoms. The lowest BCUT2D eigenvalue weighted by atomic mass is 10.1. The predicted molar refractivity (Wildman–Crippen MR) is 60.9 cm³/mol. The maximum atomic E-state index is 8.52. The Labute approximate surface area is 92.3 Å². The zero-order valence-electron chi connectivity index (χ0n) is 7.07. The average molecular weight is 256 g/mol. The van der Waals surface area contributed by atoms with Gasteiger partial charge in [0.1, 0.15) is 0 Å². The van der Waals surface area contributed by atoms with Crippen LogP contribution in [0.25, 0.3) is 0 Å². The molecule has 1 unspecified atom stereocenters. The maximum Gasteiger partial charge on any atom is 0.0890 e. The third-order valence-electron chi connectivity index (χ3n) is 1.77. The molecule has 0 heterocycles. The molecule has 0 bridgehead atoms. The molecule has 0 aliphatic carbocycles. The fourth-order valence-corrected chi connectivity index (χ4v) is 1.41. The quantitative estimate of drug-likeness (QED) is 0.825. The van der Waals surface area contributed by atoms with Gasteiger partial charge in [0, 0.05) is 4.47 Å². The van der Waals surface area contributed by atoms with Crippen LogP contribution >= 0.6 is 28.6 Å². The molecule has 68 valence electrons. The minimum atomic E-state index is -0.149. The van der Waals surface area contributed by atoms with Crippen LogP contribution in [0.4, 0.5) is 0 Å². The van der Waals surface area contributed by atoms with E-state index in [2.05, 4.69) is 46.8 Å².